The van der Waals surface area contributed by atoms with Gasteiger partial charge in [0, 0.05) is 12.0 Å². The first-order valence-corrected chi connectivity index (χ1v) is 7.07. The van der Waals surface area contributed by atoms with E-state index in [4.69, 9.17) is 9.47 Å². The van der Waals surface area contributed by atoms with Crippen LogP contribution in [0.3, 0.4) is 0 Å². The summed E-state index contributed by atoms with van der Waals surface area (Å²) in [6, 6.07) is 11.3. The van der Waals surface area contributed by atoms with Crippen molar-refractivity contribution in [1.82, 2.24) is 0 Å². The van der Waals surface area contributed by atoms with E-state index in [-0.39, 0.29) is 11.9 Å². The van der Waals surface area contributed by atoms with E-state index in [9.17, 15) is 4.79 Å². The van der Waals surface area contributed by atoms with Gasteiger partial charge in [0.05, 0.1) is 12.7 Å². The molecule has 1 atom stereocenters. The van der Waals surface area contributed by atoms with Gasteiger partial charge in [-0.25, -0.2) is 0 Å². The van der Waals surface area contributed by atoms with Gasteiger partial charge in [-0.1, -0.05) is 11.6 Å². The van der Waals surface area contributed by atoms with Crippen molar-refractivity contribution in [3.8, 4) is 11.5 Å². The highest BCUT2D eigenvalue weighted by Gasteiger charge is 2.22. The van der Waals surface area contributed by atoms with E-state index in [0.717, 1.165) is 23.3 Å². The third-order valence-electron chi connectivity index (χ3n) is 3.76. The van der Waals surface area contributed by atoms with Gasteiger partial charge in [0.15, 0.2) is 5.78 Å². The first-order valence-electron chi connectivity index (χ1n) is 7.07. The number of fused-ring (bicyclic) bond motifs is 1. The van der Waals surface area contributed by atoms with Gasteiger partial charge in [-0.2, -0.15) is 0 Å². The fourth-order valence-corrected chi connectivity index (χ4v) is 2.72. The van der Waals surface area contributed by atoms with Crippen LogP contribution in [0.4, 0.5) is 0 Å². The summed E-state index contributed by atoms with van der Waals surface area (Å²) >= 11 is 0. The molecule has 0 spiro atoms. The Morgan fingerprint density at radius 2 is 2.05 bits per heavy atom. The maximum Gasteiger partial charge on any atom is 0.196 e. The van der Waals surface area contributed by atoms with Crippen LogP contribution in [0.2, 0.25) is 0 Å². The summed E-state index contributed by atoms with van der Waals surface area (Å²) in [5.74, 6) is 1.48. The van der Waals surface area contributed by atoms with E-state index < -0.39 is 0 Å². The van der Waals surface area contributed by atoms with Crippen LogP contribution in [0, 0.1) is 6.92 Å². The summed E-state index contributed by atoms with van der Waals surface area (Å²) in [5.41, 5.74) is 3.41. The number of hydrogen-bond acceptors (Lipinski definition) is 3. The van der Waals surface area contributed by atoms with Crippen LogP contribution in [0.15, 0.2) is 36.4 Å². The van der Waals surface area contributed by atoms with Crippen molar-refractivity contribution in [3.05, 3.63) is 58.7 Å². The molecule has 0 bridgehead atoms. The quantitative estimate of drug-likeness (QED) is 0.807. The van der Waals surface area contributed by atoms with Crippen LogP contribution in [0.25, 0.3) is 0 Å². The molecule has 1 aliphatic rings. The zero-order valence-electron chi connectivity index (χ0n) is 12.5. The van der Waals surface area contributed by atoms with E-state index >= 15 is 0 Å². The standard InChI is InChI=1S/C18H18O3/c1-11-4-6-17(20-3)15(8-11)18(19)13-5-7-16-14(10-13)9-12(2)21-16/h4-8,10,12H,9H2,1-3H3. The number of methoxy groups -OCH3 is 1. The molecule has 0 amide bonds. The topological polar surface area (TPSA) is 35.5 Å². The lowest BCUT2D eigenvalue weighted by Gasteiger charge is -2.09. The maximum atomic E-state index is 12.7. The van der Waals surface area contributed by atoms with Crippen LogP contribution in [-0.2, 0) is 6.42 Å². The number of carbonyl (C=O) groups excluding carboxylic acids is 1. The molecular formula is C18H18O3. The van der Waals surface area contributed by atoms with Gasteiger partial charge in [0.25, 0.3) is 0 Å². The van der Waals surface area contributed by atoms with Crippen LogP contribution >= 0.6 is 0 Å². The predicted molar refractivity (Wildman–Crippen MR) is 81.4 cm³/mol. The third kappa shape index (κ3) is 2.51. The van der Waals surface area contributed by atoms with Crippen LogP contribution < -0.4 is 9.47 Å². The number of carbonyl (C=O) groups is 1. The molecule has 0 fully saturated rings. The summed E-state index contributed by atoms with van der Waals surface area (Å²) in [4.78, 5) is 12.7. The van der Waals surface area contributed by atoms with Crippen molar-refractivity contribution in [2.45, 2.75) is 26.4 Å². The molecule has 2 aromatic rings. The highest BCUT2D eigenvalue weighted by atomic mass is 16.5. The molecule has 0 saturated carbocycles. The highest BCUT2D eigenvalue weighted by Crippen LogP contribution is 2.31. The molecule has 3 nitrogen and oxygen atoms in total. The second-order valence-corrected chi connectivity index (χ2v) is 5.49. The molecule has 21 heavy (non-hydrogen) atoms. The van der Waals surface area contributed by atoms with Crippen LogP contribution in [-0.4, -0.2) is 19.0 Å². The Hall–Kier alpha value is -2.29. The lowest BCUT2D eigenvalue weighted by molar-refractivity contribution is 0.103. The molecule has 0 N–H and O–H groups in total. The average molecular weight is 282 g/mol. The predicted octanol–water partition coefficient (Wildman–Crippen LogP) is 3.56. The molecule has 2 aromatic carbocycles. The highest BCUT2D eigenvalue weighted by molar-refractivity contribution is 6.11. The van der Waals surface area contributed by atoms with Crippen molar-refractivity contribution < 1.29 is 14.3 Å². The fraction of sp³-hybridized carbons (Fsp3) is 0.278. The van der Waals surface area contributed by atoms with Crippen molar-refractivity contribution in [2.75, 3.05) is 7.11 Å². The number of benzene rings is 2. The number of rotatable bonds is 3. The molecular weight excluding hydrogens is 264 g/mol. The van der Waals surface area contributed by atoms with Gasteiger partial charge in [0.1, 0.15) is 17.6 Å². The molecule has 0 aliphatic carbocycles. The van der Waals surface area contributed by atoms with Gasteiger partial charge in [-0.3, -0.25) is 4.79 Å². The van der Waals surface area contributed by atoms with Crippen molar-refractivity contribution >= 4 is 5.78 Å². The smallest absolute Gasteiger partial charge is 0.196 e. The molecule has 1 heterocycles. The second kappa shape index (κ2) is 5.24. The normalized spacial score (nSPS) is 16.2. The van der Waals surface area contributed by atoms with E-state index in [2.05, 4.69) is 0 Å². The Balaban J connectivity index is 2.00. The molecule has 1 aliphatic heterocycles. The lowest BCUT2D eigenvalue weighted by Crippen LogP contribution is -2.05. The molecule has 1 unspecified atom stereocenters. The number of hydrogen-bond donors (Lipinski definition) is 0. The summed E-state index contributed by atoms with van der Waals surface area (Å²) in [6.07, 6.45) is 1.03. The van der Waals surface area contributed by atoms with E-state index in [1.165, 1.54) is 0 Å². The lowest BCUT2D eigenvalue weighted by atomic mass is 9.98. The van der Waals surface area contributed by atoms with E-state index in [0.29, 0.717) is 16.9 Å². The maximum absolute atomic E-state index is 12.7. The minimum atomic E-state index is -0.0158. The average Bonchev–Trinajstić information content (AvgIpc) is 2.85. The van der Waals surface area contributed by atoms with Gasteiger partial charge < -0.3 is 9.47 Å². The van der Waals surface area contributed by atoms with Gasteiger partial charge in [-0.15, -0.1) is 0 Å². The zero-order valence-corrected chi connectivity index (χ0v) is 12.5. The molecule has 3 rings (SSSR count). The van der Waals surface area contributed by atoms with Crippen molar-refractivity contribution in [2.24, 2.45) is 0 Å². The van der Waals surface area contributed by atoms with Gasteiger partial charge >= 0.3 is 0 Å². The second-order valence-electron chi connectivity index (χ2n) is 5.49. The molecule has 0 saturated heterocycles. The number of aryl methyl sites for hydroxylation is 1. The third-order valence-corrected chi connectivity index (χ3v) is 3.76. The van der Waals surface area contributed by atoms with Crippen LogP contribution in [0.1, 0.15) is 34.0 Å². The Morgan fingerprint density at radius 1 is 1.24 bits per heavy atom. The summed E-state index contributed by atoms with van der Waals surface area (Å²) < 4.78 is 11.0. The van der Waals surface area contributed by atoms with Crippen molar-refractivity contribution in [3.63, 3.8) is 0 Å². The minimum absolute atomic E-state index is 0.0158. The van der Waals surface area contributed by atoms with Gasteiger partial charge in [-0.05, 0) is 49.7 Å². The molecule has 3 heteroatoms. The monoisotopic (exact) mass is 282 g/mol. The van der Waals surface area contributed by atoms with Gasteiger partial charge in [0.2, 0.25) is 0 Å². The molecule has 108 valence electrons. The molecule has 0 aromatic heterocycles. The zero-order chi connectivity index (χ0) is 15.0. The van der Waals surface area contributed by atoms with E-state index in [1.54, 1.807) is 7.11 Å². The Kier molecular flexibility index (Phi) is 3.42. The minimum Gasteiger partial charge on any atom is -0.496 e. The Labute approximate surface area is 124 Å². The summed E-state index contributed by atoms with van der Waals surface area (Å²) in [6.45, 7) is 4.00. The summed E-state index contributed by atoms with van der Waals surface area (Å²) in [7, 11) is 1.58. The SMILES string of the molecule is COc1ccc(C)cc1C(=O)c1ccc2c(c1)CC(C)O2. The Bertz CT molecular complexity index is 704. The fourth-order valence-electron chi connectivity index (χ4n) is 2.72. The van der Waals surface area contributed by atoms with E-state index in [1.807, 2.05) is 50.2 Å². The van der Waals surface area contributed by atoms with Crippen molar-refractivity contribution in [1.29, 1.82) is 0 Å². The summed E-state index contributed by atoms with van der Waals surface area (Å²) in [5, 5.41) is 0. The number of ketones is 1. The first-order chi connectivity index (χ1) is 10.1. The largest absolute Gasteiger partial charge is 0.496 e. The van der Waals surface area contributed by atoms with Crippen LogP contribution in [0.5, 0.6) is 11.5 Å². The number of ether oxygens (including phenoxy) is 2. The first kappa shape index (κ1) is 13.7. The Morgan fingerprint density at radius 3 is 2.81 bits per heavy atom. The molecule has 0 radical (unpaired) electrons.